The predicted octanol–water partition coefficient (Wildman–Crippen LogP) is 4.58. The van der Waals surface area contributed by atoms with Gasteiger partial charge in [-0.25, -0.2) is 9.07 Å². The number of para-hydroxylation sites is 1. The molecule has 1 N–H and O–H groups in total. The third kappa shape index (κ3) is 3.87. The summed E-state index contributed by atoms with van der Waals surface area (Å²) in [4.78, 5) is 17.1. The van der Waals surface area contributed by atoms with Gasteiger partial charge in [0.15, 0.2) is 11.8 Å². The van der Waals surface area contributed by atoms with Gasteiger partial charge >= 0.3 is 0 Å². The number of nitrogens with one attached hydrogen (secondary N) is 1. The van der Waals surface area contributed by atoms with Crippen LogP contribution in [0, 0.1) is 19.7 Å². The highest BCUT2D eigenvalue weighted by Gasteiger charge is 2.19. The van der Waals surface area contributed by atoms with E-state index < -0.39 is 6.10 Å². The van der Waals surface area contributed by atoms with Gasteiger partial charge in [0.1, 0.15) is 5.82 Å². The number of halogens is 1. The number of aryl methyl sites for hydroxylation is 2. The summed E-state index contributed by atoms with van der Waals surface area (Å²) in [5.41, 5.74) is 3.88. The van der Waals surface area contributed by atoms with Crippen LogP contribution < -0.4 is 10.1 Å². The quantitative estimate of drug-likeness (QED) is 0.529. The molecule has 1 amide bonds. The molecule has 0 saturated heterocycles. The fourth-order valence-corrected chi connectivity index (χ4v) is 3.30. The minimum atomic E-state index is -0.798. The van der Waals surface area contributed by atoms with Crippen LogP contribution in [0.1, 0.15) is 18.2 Å². The maximum Gasteiger partial charge on any atom is 0.265 e. The first-order valence-electron chi connectivity index (χ1n) is 9.58. The van der Waals surface area contributed by atoms with Crippen LogP contribution in [0.5, 0.6) is 5.88 Å². The van der Waals surface area contributed by atoms with Gasteiger partial charge in [0, 0.05) is 17.1 Å². The Labute approximate surface area is 173 Å². The third-order valence-corrected chi connectivity index (χ3v) is 4.77. The number of nitrogens with zero attached hydrogens (tertiary/aromatic N) is 3. The molecule has 152 valence electrons. The van der Waals surface area contributed by atoms with Crippen LogP contribution in [0.3, 0.4) is 0 Å². The van der Waals surface area contributed by atoms with Gasteiger partial charge in [0.25, 0.3) is 5.91 Å². The van der Waals surface area contributed by atoms with Gasteiger partial charge in [-0.1, -0.05) is 18.2 Å². The number of hydrogen-bond donors (Lipinski definition) is 1. The molecule has 0 bridgehead atoms. The molecule has 1 unspecified atom stereocenters. The predicted molar refractivity (Wildman–Crippen MR) is 113 cm³/mol. The van der Waals surface area contributed by atoms with Crippen LogP contribution in [0.2, 0.25) is 0 Å². The second-order valence-corrected chi connectivity index (χ2v) is 7.06. The van der Waals surface area contributed by atoms with Gasteiger partial charge in [0.05, 0.1) is 11.4 Å². The van der Waals surface area contributed by atoms with E-state index in [-0.39, 0.29) is 11.7 Å². The van der Waals surface area contributed by atoms with Crippen molar-refractivity contribution in [3.63, 3.8) is 0 Å². The number of benzene rings is 2. The molecule has 0 aliphatic rings. The summed E-state index contributed by atoms with van der Waals surface area (Å²) in [6, 6.07) is 17.1. The van der Waals surface area contributed by atoms with Crippen molar-refractivity contribution >= 4 is 22.6 Å². The fourth-order valence-electron chi connectivity index (χ4n) is 3.30. The van der Waals surface area contributed by atoms with E-state index in [1.54, 1.807) is 17.7 Å². The molecule has 0 radical (unpaired) electrons. The topological polar surface area (TPSA) is 69.0 Å². The standard InChI is InChI=1S/C23H21FN4O2/c1-14-13-20(30-16(3)23(29)25-18-11-9-17(24)10-12-18)26-22-21(14)15(2)27-28(22)19-7-5-4-6-8-19/h4-13,16H,1-3H3,(H,25,29). The summed E-state index contributed by atoms with van der Waals surface area (Å²) in [5, 5.41) is 8.29. The van der Waals surface area contributed by atoms with E-state index in [1.807, 2.05) is 44.2 Å². The minimum absolute atomic E-state index is 0.332. The van der Waals surface area contributed by atoms with Gasteiger partial charge in [0.2, 0.25) is 5.88 Å². The number of anilines is 1. The van der Waals surface area contributed by atoms with Crippen LogP contribution in [-0.4, -0.2) is 26.8 Å². The maximum atomic E-state index is 13.0. The molecule has 0 fully saturated rings. The van der Waals surface area contributed by atoms with Crippen molar-refractivity contribution in [2.24, 2.45) is 0 Å². The first kappa shape index (κ1) is 19.6. The molecule has 2 heterocycles. The van der Waals surface area contributed by atoms with Crippen LogP contribution in [0.25, 0.3) is 16.7 Å². The van der Waals surface area contributed by atoms with Crippen molar-refractivity contribution in [3.05, 3.63) is 77.7 Å². The number of aromatic nitrogens is 3. The van der Waals surface area contributed by atoms with Crippen molar-refractivity contribution < 1.29 is 13.9 Å². The van der Waals surface area contributed by atoms with E-state index in [0.717, 1.165) is 22.3 Å². The van der Waals surface area contributed by atoms with Crippen LogP contribution >= 0.6 is 0 Å². The molecule has 7 heteroatoms. The number of rotatable bonds is 5. The highest BCUT2D eigenvalue weighted by atomic mass is 19.1. The summed E-state index contributed by atoms with van der Waals surface area (Å²) in [6.45, 7) is 5.54. The van der Waals surface area contributed by atoms with Crippen molar-refractivity contribution in [1.29, 1.82) is 0 Å². The number of carbonyl (C=O) groups is 1. The van der Waals surface area contributed by atoms with Crippen LogP contribution in [0.15, 0.2) is 60.7 Å². The molecule has 0 spiro atoms. The minimum Gasteiger partial charge on any atom is -0.464 e. The highest BCUT2D eigenvalue weighted by Crippen LogP contribution is 2.27. The number of pyridine rings is 1. The SMILES string of the molecule is Cc1cc(OC(C)C(=O)Nc2ccc(F)cc2)nc2c1c(C)nn2-c1ccccc1. The summed E-state index contributed by atoms with van der Waals surface area (Å²) >= 11 is 0. The van der Waals surface area contributed by atoms with E-state index in [1.165, 1.54) is 24.3 Å². The van der Waals surface area contributed by atoms with E-state index >= 15 is 0 Å². The van der Waals surface area contributed by atoms with E-state index in [4.69, 9.17) is 4.74 Å². The Hall–Kier alpha value is -3.74. The number of amides is 1. The lowest BCUT2D eigenvalue weighted by Gasteiger charge is -2.15. The molecule has 6 nitrogen and oxygen atoms in total. The van der Waals surface area contributed by atoms with Crippen molar-refractivity contribution in [2.75, 3.05) is 5.32 Å². The van der Waals surface area contributed by atoms with Crippen LogP contribution in [0.4, 0.5) is 10.1 Å². The van der Waals surface area contributed by atoms with E-state index in [0.29, 0.717) is 17.2 Å². The van der Waals surface area contributed by atoms with Gasteiger partial charge in [-0.05, 0) is 62.7 Å². The lowest BCUT2D eigenvalue weighted by atomic mass is 10.1. The number of hydrogen-bond acceptors (Lipinski definition) is 4. The first-order valence-corrected chi connectivity index (χ1v) is 9.58. The fraction of sp³-hybridized carbons (Fsp3) is 0.174. The van der Waals surface area contributed by atoms with Gasteiger partial charge in [-0.15, -0.1) is 0 Å². The van der Waals surface area contributed by atoms with Crippen LogP contribution in [-0.2, 0) is 4.79 Å². The molecule has 0 aliphatic carbocycles. The molecule has 4 rings (SSSR count). The molecule has 30 heavy (non-hydrogen) atoms. The number of ether oxygens (including phenoxy) is 1. The van der Waals surface area contributed by atoms with Crippen molar-refractivity contribution in [1.82, 2.24) is 14.8 Å². The molecule has 2 aromatic carbocycles. The number of carbonyl (C=O) groups excluding carboxylic acids is 1. The molecule has 0 aliphatic heterocycles. The Kier molecular flexibility index (Phi) is 5.18. The largest absolute Gasteiger partial charge is 0.464 e. The Morgan fingerprint density at radius 3 is 2.50 bits per heavy atom. The monoisotopic (exact) mass is 404 g/mol. The van der Waals surface area contributed by atoms with E-state index in [9.17, 15) is 9.18 Å². The zero-order valence-electron chi connectivity index (χ0n) is 16.9. The Morgan fingerprint density at radius 1 is 1.10 bits per heavy atom. The zero-order chi connectivity index (χ0) is 21.3. The molecule has 4 aromatic rings. The van der Waals surface area contributed by atoms with E-state index in [2.05, 4.69) is 15.4 Å². The maximum absolute atomic E-state index is 13.0. The normalized spacial score (nSPS) is 12.0. The molecular weight excluding hydrogens is 383 g/mol. The molecule has 2 aromatic heterocycles. The summed E-state index contributed by atoms with van der Waals surface area (Å²) in [6.07, 6.45) is -0.798. The Balaban J connectivity index is 1.61. The van der Waals surface area contributed by atoms with Crippen molar-refractivity contribution in [2.45, 2.75) is 26.9 Å². The first-order chi connectivity index (χ1) is 14.4. The summed E-state index contributed by atoms with van der Waals surface area (Å²) < 4.78 is 20.6. The zero-order valence-corrected chi connectivity index (χ0v) is 16.9. The highest BCUT2D eigenvalue weighted by molar-refractivity contribution is 5.94. The van der Waals surface area contributed by atoms with Gasteiger partial charge in [-0.3, -0.25) is 4.79 Å². The average molecular weight is 404 g/mol. The number of fused-ring (bicyclic) bond motifs is 1. The Morgan fingerprint density at radius 2 is 1.80 bits per heavy atom. The molecule has 1 atom stereocenters. The average Bonchev–Trinajstić information content (AvgIpc) is 3.07. The second-order valence-electron chi connectivity index (χ2n) is 7.06. The second kappa shape index (κ2) is 7.94. The Bertz CT molecular complexity index is 1200. The molecule has 0 saturated carbocycles. The molecular formula is C23H21FN4O2. The summed E-state index contributed by atoms with van der Waals surface area (Å²) in [5.74, 6) is -0.386. The van der Waals surface area contributed by atoms with Gasteiger partial charge in [-0.2, -0.15) is 10.1 Å². The lowest BCUT2D eigenvalue weighted by molar-refractivity contribution is -0.122. The lowest BCUT2D eigenvalue weighted by Crippen LogP contribution is -2.30. The van der Waals surface area contributed by atoms with Gasteiger partial charge < -0.3 is 10.1 Å². The summed E-state index contributed by atoms with van der Waals surface area (Å²) in [7, 11) is 0. The van der Waals surface area contributed by atoms with Crippen molar-refractivity contribution in [3.8, 4) is 11.6 Å². The smallest absolute Gasteiger partial charge is 0.265 e. The third-order valence-electron chi connectivity index (χ3n) is 4.77.